The second-order valence-electron chi connectivity index (χ2n) is 7.02. The molecule has 0 spiro atoms. The number of methoxy groups -OCH3 is 1. The van der Waals surface area contributed by atoms with Gasteiger partial charge in [-0.3, -0.25) is 4.79 Å². The lowest BCUT2D eigenvalue weighted by molar-refractivity contribution is -0.131. The Hall–Kier alpha value is -1.83. The summed E-state index contributed by atoms with van der Waals surface area (Å²) in [7, 11) is 1.61. The molecule has 4 unspecified atom stereocenters. The Labute approximate surface area is 173 Å². The highest BCUT2D eigenvalue weighted by Crippen LogP contribution is 2.48. The van der Waals surface area contributed by atoms with Crippen LogP contribution in [0, 0.1) is 5.92 Å². The maximum absolute atomic E-state index is 13.1. The van der Waals surface area contributed by atoms with Crippen LogP contribution in [0.5, 0.6) is 5.75 Å². The minimum absolute atomic E-state index is 0.0106. The molecule has 2 aliphatic rings. The molecule has 28 heavy (non-hydrogen) atoms. The summed E-state index contributed by atoms with van der Waals surface area (Å²) in [5.41, 5.74) is 7.97. The number of nitrogens with one attached hydrogen (secondary N) is 2. The predicted molar refractivity (Wildman–Crippen MR) is 107 cm³/mol. The molecule has 4 atom stereocenters. The molecular weight excluding hydrogens is 401 g/mol. The van der Waals surface area contributed by atoms with Gasteiger partial charge in [-0.1, -0.05) is 47.5 Å². The zero-order chi connectivity index (χ0) is 19.8. The molecule has 4 rings (SSSR count). The summed E-state index contributed by atoms with van der Waals surface area (Å²) in [4.78, 5) is 15.0. The molecule has 0 saturated carbocycles. The van der Waals surface area contributed by atoms with Crippen LogP contribution < -0.4 is 10.9 Å². The molecule has 0 bridgehead atoms. The number of aromatic hydroxyl groups is 1. The molecule has 6 nitrogen and oxygen atoms in total. The van der Waals surface area contributed by atoms with Gasteiger partial charge in [-0.2, -0.15) is 0 Å². The van der Waals surface area contributed by atoms with E-state index >= 15 is 0 Å². The monoisotopic (exact) mass is 421 g/mol. The minimum Gasteiger partial charge on any atom is -0.508 e. The van der Waals surface area contributed by atoms with Crippen molar-refractivity contribution in [1.29, 1.82) is 0 Å². The van der Waals surface area contributed by atoms with E-state index in [0.29, 0.717) is 23.2 Å². The van der Waals surface area contributed by atoms with Gasteiger partial charge < -0.3 is 14.7 Å². The average Bonchev–Trinajstić information content (AvgIpc) is 3.22. The molecule has 2 aliphatic heterocycles. The second kappa shape index (κ2) is 7.89. The Balaban J connectivity index is 1.78. The van der Waals surface area contributed by atoms with E-state index < -0.39 is 6.04 Å². The smallest absolute Gasteiger partial charge is 0.242 e. The Kier molecular flexibility index (Phi) is 5.49. The van der Waals surface area contributed by atoms with Gasteiger partial charge in [0.2, 0.25) is 5.91 Å². The first-order valence-electron chi connectivity index (χ1n) is 9.06. The van der Waals surface area contributed by atoms with Gasteiger partial charge in [-0.15, -0.1) is 0 Å². The fourth-order valence-corrected chi connectivity index (χ4v) is 4.56. The number of para-hydroxylation sites is 1. The van der Waals surface area contributed by atoms with Crippen molar-refractivity contribution < 1.29 is 14.6 Å². The molecule has 2 heterocycles. The summed E-state index contributed by atoms with van der Waals surface area (Å²) in [5.74, 6) is 0.0385. The summed E-state index contributed by atoms with van der Waals surface area (Å²) >= 11 is 12.4. The van der Waals surface area contributed by atoms with Gasteiger partial charge in [0, 0.05) is 25.1 Å². The number of likely N-dealkylation sites (tertiary alicyclic amines) is 1. The first kappa shape index (κ1) is 19.5. The largest absolute Gasteiger partial charge is 0.508 e. The number of hydrogen-bond donors (Lipinski definition) is 3. The lowest BCUT2D eigenvalue weighted by Crippen LogP contribution is -2.42. The third-order valence-corrected chi connectivity index (χ3v) is 6.25. The van der Waals surface area contributed by atoms with Crippen LogP contribution in [0.4, 0.5) is 0 Å². The molecule has 0 aliphatic carbocycles. The summed E-state index contributed by atoms with van der Waals surface area (Å²) in [6.45, 7) is 0.889. The van der Waals surface area contributed by atoms with Gasteiger partial charge in [0.15, 0.2) is 0 Å². The molecule has 2 fully saturated rings. The van der Waals surface area contributed by atoms with Crippen LogP contribution in [-0.4, -0.2) is 42.2 Å². The first-order valence-corrected chi connectivity index (χ1v) is 9.82. The van der Waals surface area contributed by atoms with E-state index in [1.807, 2.05) is 29.2 Å². The maximum Gasteiger partial charge on any atom is 0.242 e. The second-order valence-corrected chi connectivity index (χ2v) is 7.84. The highest BCUT2D eigenvalue weighted by Gasteiger charge is 2.55. The molecule has 1 amide bonds. The fourth-order valence-electron chi connectivity index (χ4n) is 4.25. The number of phenols is 1. The van der Waals surface area contributed by atoms with Gasteiger partial charge >= 0.3 is 0 Å². The van der Waals surface area contributed by atoms with Gasteiger partial charge in [-0.05, 0) is 23.8 Å². The van der Waals surface area contributed by atoms with Crippen LogP contribution in [0.1, 0.15) is 23.2 Å². The van der Waals surface area contributed by atoms with Crippen molar-refractivity contribution in [3.8, 4) is 5.75 Å². The van der Waals surface area contributed by atoms with Gasteiger partial charge in [0.1, 0.15) is 11.8 Å². The quantitative estimate of drug-likeness (QED) is 0.691. The summed E-state index contributed by atoms with van der Waals surface area (Å²) < 4.78 is 5.21. The minimum atomic E-state index is -0.416. The van der Waals surface area contributed by atoms with Crippen molar-refractivity contribution in [2.75, 3.05) is 20.3 Å². The van der Waals surface area contributed by atoms with E-state index in [-0.39, 0.29) is 29.7 Å². The Morgan fingerprint density at radius 1 is 1.11 bits per heavy atom. The van der Waals surface area contributed by atoms with Crippen LogP contribution in [0.2, 0.25) is 10.0 Å². The van der Waals surface area contributed by atoms with Crippen LogP contribution >= 0.6 is 23.2 Å². The molecule has 2 saturated heterocycles. The number of hydrazine groups is 1. The number of benzene rings is 2. The maximum atomic E-state index is 13.1. The van der Waals surface area contributed by atoms with Crippen LogP contribution in [0.15, 0.2) is 42.5 Å². The number of carbonyl (C=O) groups is 1. The molecule has 0 radical (unpaired) electrons. The van der Waals surface area contributed by atoms with E-state index in [1.54, 1.807) is 25.3 Å². The lowest BCUT2D eigenvalue weighted by atomic mass is 9.83. The van der Waals surface area contributed by atoms with E-state index in [0.717, 1.165) is 11.1 Å². The third-order valence-electron chi connectivity index (χ3n) is 5.51. The number of fused-ring (bicyclic) bond motifs is 1. The molecule has 8 heteroatoms. The third kappa shape index (κ3) is 3.25. The number of amides is 1. The summed E-state index contributed by atoms with van der Waals surface area (Å²) in [5, 5.41) is 11.3. The molecule has 3 N–H and O–H groups in total. The topological polar surface area (TPSA) is 73.8 Å². The molecule has 0 aromatic heterocycles. The number of halogens is 2. The van der Waals surface area contributed by atoms with Crippen LogP contribution in [0.3, 0.4) is 0 Å². The van der Waals surface area contributed by atoms with E-state index in [1.165, 1.54) is 0 Å². The van der Waals surface area contributed by atoms with E-state index in [2.05, 4.69) is 10.9 Å². The number of hydrogen-bond acceptors (Lipinski definition) is 5. The SMILES string of the molecule is COCCN1C(=O)C2NNC(c3ccccc3O)C2C1c1ccc(Cl)c(Cl)c1. The van der Waals surface area contributed by atoms with Gasteiger partial charge in [-0.25, -0.2) is 10.9 Å². The Morgan fingerprint density at radius 3 is 2.57 bits per heavy atom. The van der Waals surface area contributed by atoms with Crippen LogP contribution in [-0.2, 0) is 9.53 Å². The normalized spacial score (nSPS) is 26.7. The Morgan fingerprint density at radius 2 is 1.86 bits per heavy atom. The molecule has 148 valence electrons. The molecule has 2 aromatic carbocycles. The van der Waals surface area contributed by atoms with Gasteiger partial charge in [0.05, 0.1) is 28.7 Å². The Bertz CT molecular complexity index is 895. The zero-order valence-electron chi connectivity index (χ0n) is 15.2. The van der Waals surface area contributed by atoms with Crippen LogP contribution in [0.25, 0.3) is 0 Å². The van der Waals surface area contributed by atoms with Crippen molar-refractivity contribution in [3.05, 3.63) is 63.6 Å². The number of ether oxygens (including phenoxy) is 1. The summed E-state index contributed by atoms with van der Waals surface area (Å²) in [6.07, 6.45) is 0. The average molecular weight is 422 g/mol. The standard InChI is InChI=1S/C20H21Cl2N3O3/c1-28-9-8-25-19(11-6-7-13(21)14(22)10-11)16-17(23-24-18(16)20(25)27)12-4-2-3-5-15(12)26/h2-7,10,16-19,23-24,26H,8-9H2,1H3. The molecule has 2 aromatic rings. The highest BCUT2D eigenvalue weighted by atomic mass is 35.5. The van der Waals surface area contributed by atoms with Crippen molar-refractivity contribution in [1.82, 2.24) is 15.8 Å². The van der Waals surface area contributed by atoms with Crippen molar-refractivity contribution >= 4 is 29.1 Å². The number of nitrogens with zero attached hydrogens (tertiary/aromatic N) is 1. The van der Waals surface area contributed by atoms with Gasteiger partial charge in [0.25, 0.3) is 0 Å². The number of carbonyl (C=O) groups excluding carboxylic acids is 1. The molecular formula is C20H21Cl2N3O3. The number of rotatable bonds is 5. The fraction of sp³-hybridized carbons (Fsp3) is 0.350. The first-order chi connectivity index (χ1) is 13.5. The van der Waals surface area contributed by atoms with Crippen molar-refractivity contribution in [2.24, 2.45) is 5.92 Å². The predicted octanol–water partition coefficient (Wildman–Crippen LogP) is 3.06. The summed E-state index contributed by atoms with van der Waals surface area (Å²) in [6, 6.07) is 11.7. The van der Waals surface area contributed by atoms with E-state index in [4.69, 9.17) is 27.9 Å². The number of phenolic OH excluding ortho intramolecular Hbond substituents is 1. The van der Waals surface area contributed by atoms with Crippen molar-refractivity contribution in [3.63, 3.8) is 0 Å². The zero-order valence-corrected chi connectivity index (χ0v) is 16.7. The van der Waals surface area contributed by atoms with E-state index in [9.17, 15) is 9.90 Å². The highest BCUT2D eigenvalue weighted by molar-refractivity contribution is 6.42. The van der Waals surface area contributed by atoms with Crippen molar-refractivity contribution in [2.45, 2.75) is 18.1 Å². The lowest BCUT2D eigenvalue weighted by Gasteiger charge is -2.31.